The summed E-state index contributed by atoms with van der Waals surface area (Å²) in [6.07, 6.45) is 4.36. The first-order chi connectivity index (χ1) is 15.6. The lowest BCUT2D eigenvalue weighted by atomic mass is 10.1. The molecule has 32 heavy (non-hydrogen) atoms. The Morgan fingerprint density at radius 3 is 2.88 bits per heavy atom. The number of aromatic nitrogens is 4. The molecule has 2 aromatic heterocycles. The minimum atomic E-state index is -0.463. The monoisotopic (exact) mass is 432 g/mol. The van der Waals surface area contributed by atoms with E-state index in [2.05, 4.69) is 9.97 Å². The van der Waals surface area contributed by atoms with E-state index in [1.165, 1.54) is 0 Å². The fraction of sp³-hybridized carbons (Fsp3) is 0.333. The number of rotatable bonds is 5. The molecule has 2 aromatic carbocycles. The number of fused-ring (bicyclic) bond motifs is 3. The lowest BCUT2D eigenvalue weighted by Gasteiger charge is -2.11. The SMILES string of the molecule is O=C(OCCCn1c(=O)[nH]c2ccccc21)c1ccc2c(=O)n3c(nc2c1)CCCCC3. The Morgan fingerprint density at radius 1 is 1.09 bits per heavy atom. The highest BCUT2D eigenvalue weighted by molar-refractivity contribution is 5.94. The maximum Gasteiger partial charge on any atom is 0.338 e. The van der Waals surface area contributed by atoms with Crippen LogP contribution in [0.25, 0.3) is 21.9 Å². The van der Waals surface area contributed by atoms with Crippen molar-refractivity contribution in [2.75, 3.05) is 6.61 Å². The molecular weight excluding hydrogens is 408 g/mol. The van der Waals surface area contributed by atoms with Gasteiger partial charge in [-0.15, -0.1) is 0 Å². The molecular formula is C24H24N4O4. The van der Waals surface area contributed by atoms with Crippen LogP contribution in [-0.4, -0.2) is 31.7 Å². The van der Waals surface area contributed by atoms with Crippen LogP contribution in [0, 0.1) is 0 Å². The summed E-state index contributed by atoms with van der Waals surface area (Å²) in [5.41, 5.74) is 2.29. The second kappa shape index (κ2) is 8.45. The molecule has 0 aliphatic carbocycles. The zero-order chi connectivity index (χ0) is 22.1. The first-order valence-corrected chi connectivity index (χ1v) is 11.0. The van der Waals surface area contributed by atoms with Crippen LogP contribution >= 0.6 is 0 Å². The van der Waals surface area contributed by atoms with Crippen LogP contribution in [0.2, 0.25) is 0 Å². The summed E-state index contributed by atoms with van der Waals surface area (Å²) in [6.45, 7) is 1.32. The number of aromatic amines is 1. The molecule has 0 spiro atoms. The van der Waals surface area contributed by atoms with Gasteiger partial charge in [0.05, 0.1) is 34.1 Å². The highest BCUT2D eigenvalue weighted by Gasteiger charge is 2.16. The van der Waals surface area contributed by atoms with Crippen LogP contribution in [0.3, 0.4) is 0 Å². The number of benzene rings is 2. The van der Waals surface area contributed by atoms with Gasteiger partial charge in [0.25, 0.3) is 5.56 Å². The standard InChI is InChI=1S/C24H24N4O4/c29-22-17-11-10-16(15-19(17)25-21-9-2-1-5-12-28(21)22)23(30)32-14-6-13-27-20-8-4-3-7-18(20)26-24(27)31/h3-4,7-8,10-11,15H,1-2,5-6,9,12-14H2,(H,26,31). The van der Waals surface area contributed by atoms with E-state index in [4.69, 9.17) is 4.74 Å². The Balaban J connectivity index is 1.28. The Hall–Kier alpha value is -3.68. The number of carbonyl (C=O) groups excluding carboxylic acids is 1. The van der Waals surface area contributed by atoms with Gasteiger partial charge < -0.3 is 9.72 Å². The molecule has 1 N–H and O–H groups in total. The zero-order valence-corrected chi connectivity index (χ0v) is 17.7. The summed E-state index contributed by atoms with van der Waals surface area (Å²) in [5.74, 6) is 0.324. The molecule has 1 aliphatic rings. The van der Waals surface area contributed by atoms with Crippen LogP contribution < -0.4 is 11.2 Å². The van der Waals surface area contributed by atoms with Crippen molar-refractivity contribution in [3.63, 3.8) is 0 Å². The maximum absolute atomic E-state index is 12.8. The molecule has 0 fully saturated rings. The smallest absolute Gasteiger partial charge is 0.338 e. The Kier molecular flexibility index (Phi) is 5.34. The van der Waals surface area contributed by atoms with Gasteiger partial charge >= 0.3 is 11.7 Å². The molecule has 0 bridgehead atoms. The number of ether oxygens (including phenoxy) is 1. The molecule has 0 atom stereocenters. The minimum absolute atomic E-state index is 0.0454. The molecule has 0 unspecified atom stereocenters. The summed E-state index contributed by atoms with van der Waals surface area (Å²) < 4.78 is 8.82. The number of hydrogen-bond acceptors (Lipinski definition) is 5. The van der Waals surface area contributed by atoms with Crippen molar-refractivity contribution in [3.05, 3.63) is 74.7 Å². The fourth-order valence-corrected chi connectivity index (χ4v) is 4.34. The van der Waals surface area contributed by atoms with Crippen molar-refractivity contribution in [2.24, 2.45) is 0 Å². The number of aryl methyl sites for hydroxylation is 2. The van der Waals surface area contributed by atoms with Crippen molar-refractivity contribution >= 4 is 27.9 Å². The van der Waals surface area contributed by atoms with Gasteiger partial charge in [-0.2, -0.15) is 0 Å². The summed E-state index contributed by atoms with van der Waals surface area (Å²) in [7, 11) is 0. The van der Waals surface area contributed by atoms with Crippen molar-refractivity contribution in [1.82, 2.24) is 19.1 Å². The molecule has 0 radical (unpaired) electrons. The van der Waals surface area contributed by atoms with Gasteiger partial charge in [0, 0.05) is 19.5 Å². The van der Waals surface area contributed by atoms with Gasteiger partial charge in [0.15, 0.2) is 0 Å². The molecule has 0 saturated heterocycles. The molecule has 3 heterocycles. The van der Waals surface area contributed by atoms with Gasteiger partial charge in [-0.25, -0.2) is 14.6 Å². The topological polar surface area (TPSA) is 99.0 Å². The van der Waals surface area contributed by atoms with Crippen LogP contribution in [0.5, 0.6) is 0 Å². The van der Waals surface area contributed by atoms with Crippen LogP contribution in [-0.2, 0) is 24.2 Å². The largest absolute Gasteiger partial charge is 0.462 e. The molecule has 164 valence electrons. The quantitative estimate of drug-likeness (QED) is 0.386. The van der Waals surface area contributed by atoms with Crippen molar-refractivity contribution in [3.8, 4) is 0 Å². The predicted molar refractivity (Wildman–Crippen MR) is 121 cm³/mol. The van der Waals surface area contributed by atoms with E-state index in [0.717, 1.165) is 42.5 Å². The molecule has 8 nitrogen and oxygen atoms in total. The maximum atomic E-state index is 12.8. The third-order valence-corrected chi connectivity index (χ3v) is 5.99. The number of nitrogens with one attached hydrogen (secondary N) is 1. The number of hydrogen-bond donors (Lipinski definition) is 1. The third kappa shape index (κ3) is 3.72. The fourth-order valence-electron chi connectivity index (χ4n) is 4.34. The average Bonchev–Trinajstić information content (AvgIpc) is 2.95. The molecule has 0 amide bonds. The Morgan fingerprint density at radius 2 is 1.97 bits per heavy atom. The lowest BCUT2D eigenvalue weighted by molar-refractivity contribution is 0.0496. The minimum Gasteiger partial charge on any atom is -0.462 e. The van der Waals surface area contributed by atoms with Gasteiger partial charge in [0.2, 0.25) is 0 Å². The summed E-state index contributed by atoms with van der Waals surface area (Å²) >= 11 is 0. The lowest BCUT2D eigenvalue weighted by Crippen LogP contribution is -2.24. The van der Waals surface area contributed by atoms with Gasteiger partial charge in [-0.05, 0) is 49.6 Å². The van der Waals surface area contributed by atoms with E-state index in [0.29, 0.717) is 36.0 Å². The van der Waals surface area contributed by atoms with Crippen molar-refractivity contribution in [2.45, 2.75) is 45.2 Å². The zero-order valence-electron chi connectivity index (χ0n) is 17.7. The number of H-pyrrole nitrogens is 1. The van der Waals surface area contributed by atoms with Gasteiger partial charge in [-0.1, -0.05) is 18.6 Å². The van der Waals surface area contributed by atoms with E-state index < -0.39 is 5.97 Å². The number of para-hydroxylation sites is 2. The van der Waals surface area contributed by atoms with E-state index in [9.17, 15) is 14.4 Å². The Bertz CT molecular complexity index is 1430. The third-order valence-electron chi connectivity index (χ3n) is 5.99. The summed E-state index contributed by atoms with van der Waals surface area (Å²) in [4.78, 5) is 45.0. The van der Waals surface area contributed by atoms with E-state index >= 15 is 0 Å². The number of imidazole rings is 1. The van der Waals surface area contributed by atoms with E-state index in [1.807, 2.05) is 24.3 Å². The van der Waals surface area contributed by atoms with Gasteiger partial charge in [-0.3, -0.25) is 13.9 Å². The average molecular weight is 432 g/mol. The van der Waals surface area contributed by atoms with E-state index in [1.54, 1.807) is 27.3 Å². The molecule has 0 saturated carbocycles. The predicted octanol–water partition coefficient (Wildman–Crippen LogP) is 3.01. The first kappa shape index (κ1) is 20.2. The first-order valence-electron chi connectivity index (χ1n) is 11.0. The highest BCUT2D eigenvalue weighted by atomic mass is 16.5. The van der Waals surface area contributed by atoms with E-state index in [-0.39, 0.29) is 17.9 Å². The van der Waals surface area contributed by atoms with Crippen molar-refractivity contribution < 1.29 is 9.53 Å². The summed E-state index contributed by atoms with van der Waals surface area (Å²) in [5, 5.41) is 0.519. The van der Waals surface area contributed by atoms with Crippen molar-refractivity contribution in [1.29, 1.82) is 0 Å². The normalized spacial score (nSPS) is 13.8. The van der Waals surface area contributed by atoms with Crippen LogP contribution in [0.15, 0.2) is 52.1 Å². The second-order valence-corrected chi connectivity index (χ2v) is 8.12. The van der Waals surface area contributed by atoms with Gasteiger partial charge in [0.1, 0.15) is 5.82 Å². The highest BCUT2D eigenvalue weighted by Crippen LogP contribution is 2.17. The number of nitrogens with zero attached hydrogens (tertiary/aromatic N) is 3. The van der Waals surface area contributed by atoms with Crippen LogP contribution in [0.1, 0.15) is 41.9 Å². The Labute approximate surface area is 183 Å². The number of esters is 1. The number of carbonyl (C=O) groups is 1. The summed E-state index contributed by atoms with van der Waals surface area (Å²) in [6, 6.07) is 12.4. The molecule has 5 rings (SSSR count). The molecule has 1 aliphatic heterocycles. The molecule has 4 aromatic rings. The molecule has 8 heteroatoms. The van der Waals surface area contributed by atoms with Crippen LogP contribution in [0.4, 0.5) is 0 Å². The second-order valence-electron chi connectivity index (χ2n) is 8.12.